The lowest BCUT2D eigenvalue weighted by atomic mass is 10.4. The number of rotatable bonds is 1. The van der Waals surface area contributed by atoms with Crippen molar-refractivity contribution in [3.8, 4) is 11.6 Å². The Hall–Kier alpha value is -1.88. The molecule has 0 saturated heterocycles. The van der Waals surface area contributed by atoms with Crippen LogP contribution in [0.1, 0.15) is 11.6 Å². The third-order valence-corrected chi connectivity index (χ3v) is 2.68. The standard InChI is InChI=1S/C11H9ClN4O/c1-6-3-4-8(17-6)11-15-14-10-5-9(12)13-7(2)16(10)11/h3-5H,1-2H3. The third-order valence-electron chi connectivity index (χ3n) is 2.49. The van der Waals surface area contributed by atoms with Crippen molar-refractivity contribution in [2.24, 2.45) is 0 Å². The molecule has 0 unspecified atom stereocenters. The van der Waals surface area contributed by atoms with E-state index in [1.54, 1.807) is 6.07 Å². The summed E-state index contributed by atoms with van der Waals surface area (Å²) < 4.78 is 7.35. The molecular weight excluding hydrogens is 240 g/mol. The van der Waals surface area contributed by atoms with Crippen molar-refractivity contribution >= 4 is 17.2 Å². The molecule has 0 N–H and O–H groups in total. The Morgan fingerprint density at radius 1 is 1.24 bits per heavy atom. The van der Waals surface area contributed by atoms with Crippen LogP contribution in [0.5, 0.6) is 0 Å². The van der Waals surface area contributed by atoms with Gasteiger partial charge in [0.05, 0.1) is 0 Å². The lowest BCUT2D eigenvalue weighted by Crippen LogP contribution is -1.97. The van der Waals surface area contributed by atoms with Crippen molar-refractivity contribution in [1.29, 1.82) is 0 Å². The fourth-order valence-electron chi connectivity index (χ4n) is 1.77. The van der Waals surface area contributed by atoms with Gasteiger partial charge in [-0.1, -0.05) is 11.6 Å². The first kappa shape index (κ1) is 10.3. The fraction of sp³-hybridized carbons (Fsp3) is 0.182. The Bertz CT molecular complexity index is 701. The quantitative estimate of drug-likeness (QED) is 0.621. The molecule has 0 aliphatic rings. The van der Waals surface area contributed by atoms with Crippen LogP contribution in [0, 0.1) is 13.8 Å². The second-order valence-corrected chi connectivity index (χ2v) is 4.14. The Kier molecular flexibility index (Phi) is 2.16. The van der Waals surface area contributed by atoms with E-state index < -0.39 is 0 Å². The van der Waals surface area contributed by atoms with Crippen LogP contribution >= 0.6 is 11.6 Å². The van der Waals surface area contributed by atoms with Crippen molar-refractivity contribution in [2.45, 2.75) is 13.8 Å². The zero-order chi connectivity index (χ0) is 12.0. The molecule has 0 spiro atoms. The van der Waals surface area contributed by atoms with E-state index in [1.165, 1.54) is 0 Å². The summed E-state index contributed by atoms with van der Waals surface area (Å²) in [4.78, 5) is 4.17. The van der Waals surface area contributed by atoms with Crippen LogP contribution in [-0.2, 0) is 0 Å². The first-order valence-electron chi connectivity index (χ1n) is 5.10. The number of hydrogen-bond donors (Lipinski definition) is 0. The van der Waals surface area contributed by atoms with E-state index in [-0.39, 0.29) is 0 Å². The van der Waals surface area contributed by atoms with E-state index in [9.17, 15) is 0 Å². The van der Waals surface area contributed by atoms with E-state index in [4.69, 9.17) is 16.0 Å². The van der Waals surface area contributed by atoms with Crippen molar-refractivity contribution in [1.82, 2.24) is 19.6 Å². The van der Waals surface area contributed by atoms with Gasteiger partial charge in [-0.25, -0.2) is 4.98 Å². The van der Waals surface area contributed by atoms with Crippen molar-refractivity contribution in [3.05, 3.63) is 34.9 Å². The van der Waals surface area contributed by atoms with Crippen LogP contribution in [0.15, 0.2) is 22.6 Å². The molecule has 0 aromatic carbocycles. The van der Waals surface area contributed by atoms with Gasteiger partial charge in [-0.3, -0.25) is 4.40 Å². The topological polar surface area (TPSA) is 56.2 Å². The Morgan fingerprint density at radius 2 is 2.06 bits per heavy atom. The Labute approximate surface area is 102 Å². The summed E-state index contributed by atoms with van der Waals surface area (Å²) in [5.74, 6) is 2.86. The lowest BCUT2D eigenvalue weighted by Gasteiger charge is -2.01. The predicted molar refractivity (Wildman–Crippen MR) is 63.0 cm³/mol. The average Bonchev–Trinajstić information content (AvgIpc) is 2.83. The highest BCUT2D eigenvalue weighted by atomic mass is 35.5. The maximum absolute atomic E-state index is 5.87. The number of fused-ring (bicyclic) bond motifs is 1. The summed E-state index contributed by atoms with van der Waals surface area (Å²) >= 11 is 5.87. The Balaban J connectivity index is 2.31. The zero-order valence-electron chi connectivity index (χ0n) is 9.31. The summed E-state index contributed by atoms with van der Waals surface area (Å²) in [7, 11) is 0. The molecule has 3 aromatic heterocycles. The van der Waals surface area contributed by atoms with E-state index >= 15 is 0 Å². The van der Waals surface area contributed by atoms with Crippen LogP contribution in [0.2, 0.25) is 5.15 Å². The lowest BCUT2D eigenvalue weighted by molar-refractivity contribution is 0.543. The van der Waals surface area contributed by atoms with E-state index in [0.717, 1.165) is 11.6 Å². The number of furan rings is 1. The SMILES string of the molecule is Cc1ccc(-c2nnc3cc(Cl)nc(C)n23)o1. The maximum atomic E-state index is 5.87. The van der Waals surface area contributed by atoms with Crippen LogP contribution < -0.4 is 0 Å². The molecule has 0 aliphatic carbocycles. The van der Waals surface area contributed by atoms with Gasteiger partial charge in [-0.15, -0.1) is 10.2 Å². The minimum Gasteiger partial charge on any atom is -0.458 e. The molecule has 0 saturated carbocycles. The van der Waals surface area contributed by atoms with Crippen LogP contribution in [0.25, 0.3) is 17.2 Å². The highest BCUT2D eigenvalue weighted by Gasteiger charge is 2.14. The number of nitrogens with zero attached hydrogens (tertiary/aromatic N) is 4. The molecule has 0 atom stereocenters. The van der Waals surface area contributed by atoms with Crippen LogP contribution in [0.4, 0.5) is 0 Å². The average molecular weight is 249 g/mol. The summed E-state index contributed by atoms with van der Waals surface area (Å²) in [5, 5.41) is 8.56. The van der Waals surface area contributed by atoms with Gasteiger partial charge in [-0.2, -0.15) is 0 Å². The van der Waals surface area contributed by atoms with Gasteiger partial charge in [-0.05, 0) is 26.0 Å². The normalized spacial score (nSPS) is 11.2. The number of aromatic nitrogens is 4. The zero-order valence-corrected chi connectivity index (χ0v) is 10.1. The van der Waals surface area contributed by atoms with Gasteiger partial charge in [0, 0.05) is 6.07 Å². The van der Waals surface area contributed by atoms with Gasteiger partial charge in [0.2, 0.25) is 5.82 Å². The summed E-state index contributed by atoms with van der Waals surface area (Å²) in [6, 6.07) is 5.41. The molecule has 17 heavy (non-hydrogen) atoms. The molecule has 3 heterocycles. The molecule has 0 amide bonds. The second-order valence-electron chi connectivity index (χ2n) is 3.75. The number of aryl methyl sites for hydroxylation is 2. The van der Waals surface area contributed by atoms with Crippen LogP contribution in [0.3, 0.4) is 0 Å². The summed E-state index contributed by atoms with van der Waals surface area (Å²) in [5.41, 5.74) is 0.659. The van der Waals surface area contributed by atoms with Gasteiger partial charge in [0.1, 0.15) is 16.7 Å². The van der Waals surface area contributed by atoms with E-state index in [1.807, 2.05) is 30.4 Å². The van der Waals surface area contributed by atoms with Gasteiger partial charge >= 0.3 is 0 Å². The summed E-state index contributed by atoms with van der Waals surface area (Å²) in [6.07, 6.45) is 0. The molecule has 0 aliphatic heterocycles. The third kappa shape index (κ3) is 1.59. The molecule has 6 heteroatoms. The smallest absolute Gasteiger partial charge is 0.205 e. The van der Waals surface area contributed by atoms with Crippen molar-refractivity contribution < 1.29 is 4.42 Å². The first-order valence-corrected chi connectivity index (χ1v) is 5.48. The minimum absolute atomic E-state index is 0.407. The molecule has 5 nitrogen and oxygen atoms in total. The number of hydrogen-bond acceptors (Lipinski definition) is 4. The fourth-order valence-corrected chi connectivity index (χ4v) is 1.99. The second kappa shape index (κ2) is 3.56. The minimum atomic E-state index is 0.407. The van der Waals surface area contributed by atoms with Crippen molar-refractivity contribution in [2.75, 3.05) is 0 Å². The highest BCUT2D eigenvalue weighted by molar-refractivity contribution is 6.29. The predicted octanol–water partition coefficient (Wildman–Crippen LogP) is 2.65. The first-order chi connectivity index (χ1) is 8.15. The van der Waals surface area contributed by atoms with Crippen LogP contribution in [-0.4, -0.2) is 19.6 Å². The van der Waals surface area contributed by atoms with Gasteiger partial charge in [0.25, 0.3) is 0 Å². The molecule has 0 fully saturated rings. The molecule has 3 rings (SSSR count). The maximum Gasteiger partial charge on any atom is 0.205 e. The monoisotopic (exact) mass is 248 g/mol. The molecular formula is C11H9ClN4O. The van der Waals surface area contributed by atoms with Crippen molar-refractivity contribution in [3.63, 3.8) is 0 Å². The Morgan fingerprint density at radius 3 is 2.76 bits per heavy atom. The van der Waals surface area contributed by atoms with Gasteiger partial charge < -0.3 is 4.42 Å². The summed E-state index contributed by atoms with van der Waals surface area (Å²) in [6.45, 7) is 3.73. The molecule has 3 aromatic rings. The molecule has 0 radical (unpaired) electrons. The highest BCUT2D eigenvalue weighted by Crippen LogP contribution is 2.22. The van der Waals surface area contributed by atoms with Gasteiger partial charge in [0.15, 0.2) is 11.4 Å². The van der Waals surface area contributed by atoms with E-state index in [0.29, 0.717) is 22.4 Å². The molecule has 86 valence electrons. The number of halogens is 1. The molecule has 0 bridgehead atoms. The largest absolute Gasteiger partial charge is 0.458 e. The van der Waals surface area contributed by atoms with E-state index in [2.05, 4.69) is 15.2 Å².